The van der Waals surface area contributed by atoms with Crippen molar-refractivity contribution < 1.29 is 19.1 Å². The Hall–Kier alpha value is -3.28. The van der Waals surface area contributed by atoms with Crippen LogP contribution in [-0.2, 0) is 19.1 Å². The molecule has 1 heterocycles. The van der Waals surface area contributed by atoms with Crippen LogP contribution in [0.15, 0.2) is 53.1 Å². The van der Waals surface area contributed by atoms with Gasteiger partial charge in [-0.05, 0) is 37.1 Å². The van der Waals surface area contributed by atoms with Crippen molar-refractivity contribution in [1.29, 1.82) is 5.26 Å². The highest BCUT2D eigenvalue weighted by Gasteiger charge is 2.44. The number of benzene rings is 2. The minimum absolute atomic E-state index is 0.0597. The Morgan fingerprint density at radius 3 is 2.52 bits per heavy atom. The summed E-state index contributed by atoms with van der Waals surface area (Å²) in [6.45, 7) is 3.77. The first-order chi connectivity index (χ1) is 15.7. The van der Waals surface area contributed by atoms with Crippen molar-refractivity contribution in [2.24, 2.45) is 5.92 Å². The van der Waals surface area contributed by atoms with Crippen LogP contribution >= 0.6 is 23.4 Å². The van der Waals surface area contributed by atoms with Crippen molar-refractivity contribution >= 4 is 46.8 Å². The van der Waals surface area contributed by atoms with Gasteiger partial charge in [-0.25, -0.2) is 0 Å². The van der Waals surface area contributed by atoms with E-state index in [1.165, 1.54) is 7.11 Å². The molecule has 0 radical (unpaired) electrons. The summed E-state index contributed by atoms with van der Waals surface area (Å²) in [6, 6.07) is 14.6. The molecule has 0 bridgehead atoms. The number of esters is 1. The number of nitrogens with zero attached hydrogens (tertiary/aromatic N) is 1. The van der Waals surface area contributed by atoms with E-state index in [1.54, 1.807) is 30.3 Å². The van der Waals surface area contributed by atoms with Gasteiger partial charge < -0.3 is 15.4 Å². The third-order valence-corrected chi connectivity index (χ3v) is 6.65. The van der Waals surface area contributed by atoms with Gasteiger partial charge in [-0.15, -0.1) is 0 Å². The second-order valence-electron chi connectivity index (χ2n) is 7.53. The van der Waals surface area contributed by atoms with Crippen LogP contribution in [0.3, 0.4) is 0 Å². The van der Waals surface area contributed by atoms with E-state index in [0.29, 0.717) is 16.3 Å². The van der Waals surface area contributed by atoms with Crippen molar-refractivity contribution in [2.75, 3.05) is 18.2 Å². The van der Waals surface area contributed by atoms with Gasteiger partial charge in [0, 0.05) is 16.6 Å². The number of halogens is 1. The molecule has 2 N–H and O–H groups in total. The zero-order valence-electron chi connectivity index (χ0n) is 18.3. The summed E-state index contributed by atoms with van der Waals surface area (Å²) in [4.78, 5) is 37.7. The molecule has 170 valence electrons. The minimum atomic E-state index is -1.21. The van der Waals surface area contributed by atoms with Gasteiger partial charge >= 0.3 is 5.97 Å². The number of aryl methyl sites for hydroxylation is 2. The number of hydrogen-bond acceptors (Lipinski definition) is 6. The average Bonchev–Trinajstić information content (AvgIpc) is 2.79. The third-order valence-electron chi connectivity index (χ3n) is 5.22. The lowest BCUT2D eigenvalue weighted by molar-refractivity contribution is -0.150. The maximum Gasteiger partial charge on any atom is 0.319 e. The van der Waals surface area contributed by atoms with Crippen molar-refractivity contribution in [3.8, 4) is 6.07 Å². The fourth-order valence-electron chi connectivity index (χ4n) is 3.46. The number of anilines is 1. The normalized spacial score (nSPS) is 17.7. The molecule has 0 aromatic heterocycles. The number of carbonyl (C=O) groups excluding carboxylic acids is 3. The van der Waals surface area contributed by atoms with E-state index in [2.05, 4.69) is 16.7 Å². The first-order valence-electron chi connectivity index (χ1n) is 10.0. The topological polar surface area (TPSA) is 108 Å². The highest BCUT2D eigenvalue weighted by molar-refractivity contribution is 8.03. The first kappa shape index (κ1) is 24.4. The molecule has 7 nitrogen and oxygen atoms in total. The SMILES string of the molecule is COC(=O)[C@@H]1C(=O)NC(SCC(=O)Nc2ccc(C)c(Cl)c2)=C(C#N)[C@@H]1c1ccc(C)cc1. The highest BCUT2D eigenvalue weighted by atomic mass is 35.5. The molecule has 3 rings (SSSR count). The maximum atomic E-state index is 12.8. The summed E-state index contributed by atoms with van der Waals surface area (Å²) in [7, 11) is 1.20. The molecule has 0 unspecified atom stereocenters. The predicted octanol–water partition coefficient (Wildman–Crippen LogP) is 4.07. The number of nitrogens with one attached hydrogen (secondary N) is 2. The smallest absolute Gasteiger partial charge is 0.319 e. The molecule has 9 heteroatoms. The first-order valence-corrected chi connectivity index (χ1v) is 11.4. The largest absolute Gasteiger partial charge is 0.468 e. The van der Waals surface area contributed by atoms with Crippen LogP contribution in [0.2, 0.25) is 5.02 Å². The molecule has 0 saturated carbocycles. The summed E-state index contributed by atoms with van der Waals surface area (Å²) < 4.78 is 4.83. The number of hydrogen-bond donors (Lipinski definition) is 2. The lowest BCUT2D eigenvalue weighted by atomic mass is 9.78. The molecule has 1 aliphatic heterocycles. The molecule has 0 aliphatic carbocycles. The van der Waals surface area contributed by atoms with E-state index >= 15 is 0 Å². The van der Waals surface area contributed by atoms with Crippen molar-refractivity contribution in [2.45, 2.75) is 19.8 Å². The summed E-state index contributed by atoms with van der Waals surface area (Å²) >= 11 is 7.12. The fourth-order valence-corrected chi connectivity index (χ4v) is 4.49. The van der Waals surface area contributed by atoms with Crippen LogP contribution in [0.25, 0.3) is 0 Å². The third kappa shape index (κ3) is 5.56. The Labute approximate surface area is 201 Å². The van der Waals surface area contributed by atoms with Crippen LogP contribution in [-0.4, -0.2) is 30.6 Å². The molecule has 33 heavy (non-hydrogen) atoms. The number of nitriles is 1. The van der Waals surface area contributed by atoms with E-state index < -0.39 is 23.7 Å². The van der Waals surface area contributed by atoms with E-state index in [1.807, 2.05) is 26.0 Å². The fraction of sp³-hybridized carbons (Fsp3) is 0.250. The van der Waals surface area contributed by atoms with Gasteiger partial charge in [-0.3, -0.25) is 14.4 Å². The van der Waals surface area contributed by atoms with Gasteiger partial charge in [-0.1, -0.05) is 59.3 Å². The monoisotopic (exact) mass is 483 g/mol. The Bertz CT molecular complexity index is 1170. The molecule has 2 amide bonds. The second-order valence-corrected chi connectivity index (χ2v) is 8.93. The maximum absolute atomic E-state index is 12.8. The number of thioether (sulfide) groups is 1. The number of methoxy groups -OCH3 is 1. The predicted molar refractivity (Wildman–Crippen MR) is 127 cm³/mol. The van der Waals surface area contributed by atoms with E-state index in [-0.39, 0.29) is 22.3 Å². The van der Waals surface area contributed by atoms with Gasteiger partial charge in [0.1, 0.15) is 5.92 Å². The van der Waals surface area contributed by atoms with Gasteiger partial charge in [-0.2, -0.15) is 5.26 Å². The van der Waals surface area contributed by atoms with E-state index in [4.69, 9.17) is 16.3 Å². The Morgan fingerprint density at radius 2 is 1.91 bits per heavy atom. The number of ether oxygens (including phenoxy) is 1. The molecular formula is C24H22ClN3O4S. The Morgan fingerprint density at radius 1 is 1.21 bits per heavy atom. The van der Waals surface area contributed by atoms with Crippen LogP contribution < -0.4 is 10.6 Å². The lowest BCUT2D eigenvalue weighted by Crippen LogP contribution is -2.44. The lowest BCUT2D eigenvalue weighted by Gasteiger charge is -2.31. The number of rotatable bonds is 6. The van der Waals surface area contributed by atoms with Crippen LogP contribution in [0.1, 0.15) is 22.6 Å². The summed E-state index contributed by atoms with van der Waals surface area (Å²) in [5, 5.41) is 16.0. The Balaban J connectivity index is 1.87. The molecule has 2 atom stereocenters. The molecular weight excluding hydrogens is 462 g/mol. The van der Waals surface area contributed by atoms with E-state index in [9.17, 15) is 19.6 Å². The summed E-state index contributed by atoms with van der Waals surface area (Å²) in [5.41, 5.74) is 3.27. The van der Waals surface area contributed by atoms with E-state index in [0.717, 1.165) is 22.9 Å². The zero-order chi connectivity index (χ0) is 24.1. The molecule has 0 saturated heterocycles. The number of allylic oxidation sites excluding steroid dienone is 1. The van der Waals surface area contributed by atoms with Gasteiger partial charge in [0.25, 0.3) is 0 Å². The number of amides is 2. The van der Waals surface area contributed by atoms with Gasteiger partial charge in [0.15, 0.2) is 0 Å². The van der Waals surface area contributed by atoms with Gasteiger partial charge in [0.05, 0.1) is 29.5 Å². The van der Waals surface area contributed by atoms with Crippen LogP contribution in [0.4, 0.5) is 5.69 Å². The molecule has 2 aromatic carbocycles. The average molecular weight is 484 g/mol. The van der Waals surface area contributed by atoms with Gasteiger partial charge in [0.2, 0.25) is 11.8 Å². The van der Waals surface area contributed by atoms with Crippen molar-refractivity contribution in [3.05, 3.63) is 74.8 Å². The molecule has 0 spiro atoms. The quantitative estimate of drug-likeness (QED) is 0.473. The standard InChI is InChI=1S/C24H22ClN3O4S/c1-13-4-7-15(8-5-13)20-17(11-26)23(28-22(30)21(20)24(31)32-3)33-12-19(29)27-16-9-6-14(2)18(25)10-16/h4-10,20-21H,12H2,1-3H3,(H,27,29)(H,28,30)/t20-,21-/m0/s1. The Kier molecular flexibility index (Phi) is 7.79. The molecule has 2 aromatic rings. The van der Waals surface area contributed by atoms with Crippen LogP contribution in [0, 0.1) is 31.1 Å². The van der Waals surface area contributed by atoms with Crippen LogP contribution in [0.5, 0.6) is 0 Å². The minimum Gasteiger partial charge on any atom is -0.468 e. The summed E-state index contributed by atoms with van der Waals surface area (Å²) in [5.74, 6) is -3.74. The zero-order valence-corrected chi connectivity index (χ0v) is 19.8. The summed E-state index contributed by atoms with van der Waals surface area (Å²) in [6.07, 6.45) is 0. The van der Waals surface area contributed by atoms with Crippen molar-refractivity contribution in [3.63, 3.8) is 0 Å². The molecule has 1 aliphatic rings. The molecule has 0 fully saturated rings. The second kappa shape index (κ2) is 10.6. The van der Waals surface area contributed by atoms with Crippen molar-refractivity contribution in [1.82, 2.24) is 5.32 Å². The highest BCUT2D eigenvalue weighted by Crippen LogP contribution is 2.40. The number of carbonyl (C=O) groups is 3.